The Morgan fingerprint density at radius 1 is 1.13 bits per heavy atom. The molecule has 0 fully saturated rings. The van der Waals surface area contributed by atoms with Crippen LogP contribution < -0.4 is 0 Å². The van der Waals surface area contributed by atoms with Crippen molar-refractivity contribution in [1.29, 1.82) is 0 Å². The van der Waals surface area contributed by atoms with Gasteiger partial charge < -0.3 is 4.79 Å². The number of carbonyl (C=O) groups excluding carboxylic acids is 1. The summed E-state index contributed by atoms with van der Waals surface area (Å²) in [7, 11) is 0. The number of hydrogen-bond donors (Lipinski definition) is 0. The van der Waals surface area contributed by atoms with Crippen molar-refractivity contribution in [2.24, 2.45) is 5.92 Å². The second kappa shape index (κ2) is 8.46. The maximum Gasteiger partial charge on any atom is 0.122 e. The zero-order valence-electron chi connectivity index (χ0n) is 10.5. The Morgan fingerprint density at radius 3 is 2.33 bits per heavy atom. The van der Waals surface area contributed by atoms with Crippen LogP contribution in [0.3, 0.4) is 0 Å². The van der Waals surface area contributed by atoms with Crippen LogP contribution in [0.4, 0.5) is 0 Å². The minimum absolute atomic E-state index is 0.201. The molecule has 0 bridgehead atoms. The minimum Gasteiger partial charge on any atom is -0.303 e. The lowest BCUT2D eigenvalue weighted by atomic mass is 10.0. The van der Waals surface area contributed by atoms with E-state index < -0.39 is 0 Å². The number of aldehydes is 1. The molecule has 0 saturated carbocycles. The van der Waals surface area contributed by atoms with Gasteiger partial charge in [-0.25, -0.2) is 0 Å². The summed E-state index contributed by atoms with van der Waals surface area (Å²) in [5.74, 6) is 0.201. The van der Waals surface area contributed by atoms with Gasteiger partial charge in [-0.3, -0.25) is 0 Å². The van der Waals surface area contributed by atoms with Crippen LogP contribution in [0, 0.1) is 5.92 Å². The molecule has 0 aliphatic heterocycles. The fourth-order valence-corrected chi connectivity index (χ4v) is 1.35. The van der Waals surface area contributed by atoms with Gasteiger partial charge in [0.15, 0.2) is 0 Å². The van der Waals surface area contributed by atoms with Gasteiger partial charge in [-0.05, 0) is 46.5 Å². The molecule has 0 aromatic carbocycles. The SMILES string of the molecule is CC(C)=CCCC(C)=CCCC(C)C=O. The lowest BCUT2D eigenvalue weighted by Gasteiger charge is -2.01. The lowest BCUT2D eigenvalue weighted by molar-refractivity contribution is -0.110. The zero-order chi connectivity index (χ0) is 11.7. The first-order chi connectivity index (χ1) is 7.06. The lowest BCUT2D eigenvalue weighted by Crippen LogP contribution is -1.93. The highest BCUT2D eigenvalue weighted by Gasteiger charge is 1.97. The molecule has 0 amide bonds. The van der Waals surface area contributed by atoms with Gasteiger partial charge in [-0.15, -0.1) is 0 Å². The van der Waals surface area contributed by atoms with Crippen molar-refractivity contribution in [1.82, 2.24) is 0 Å². The van der Waals surface area contributed by atoms with Gasteiger partial charge >= 0.3 is 0 Å². The van der Waals surface area contributed by atoms with E-state index in [0.717, 1.165) is 32.0 Å². The van der Waals surface area contributed by atoms with Crippen molar-refractivity contribution in [3.8, 4) is 0 Å². The molecule has 0 aromatic heterocycles. The van der Waals surface area contributed by atoms with E-state index in [9.17, 15) is 4.79 Å². The molecule has 0 N–H and O–H groups in total. The van der Waals surface area contributed by atoms with E-state index in [-0.39, 0.29) is 5.92 Å². The van der Waals surface area contributed by atoms with Crippen molar-refractivity contribution in [3.05, 3.63) is 23.3 Å². The number of allylic oxidation sites excluding steroid dienone is 4. The van der Waals surface area contributed by atoms with Crippen molar-refractivity contribution in [2.75, 3.05) is 0 Å². The third-order valence-electron chi connectivity index (χ3n) is 2.44. The topological polar surface area (TPSA) is 17.1 Å². The molecule has 0 aliphatic carbocycles. The Labute approximate surface area is 94.3 Å². The molecule has 86 valence electrons. The summed E-state index contributed by atoms with van der Waals surface area (Å²) in [6, 6.07) is 0. The van der Waals surface area contributed by atoms with Gasteiger partial charge in [0, 0.05) is 5.92 Å². The molecule has 0 heterocycles. The fraction of sp³-hybridized carbons (Fsp3) is 0.643. The number of rotatable bonds is 7. The van der Waals surface area contributed by atoms with E-state index in [1.807, 2.05) is 6.92 Å². The molecule has 0 radical (unpaired) electrons. The Bertz CT molecular complexity index is 232. The monoisotopic (exact) mass is 208 g/mol. The van der Waals surface area contributed by atoms with Crippen molar-refractivity contribution < 1.29 is 4.79 Å². The number of hydrogen-bond acceptors (Lipinski definition) is 1. The molecule has 1 atom stereocenters. The largest absolute Gasteiger partial charge is 0.303 e. The van der Waals surface area contributed by atoms with E-state index >= 15 is 0 Å². The Hall–Kier alpha value is -0.850. The summed E-state index contributed by atoms with van der Waals surface area (Å²) in [6.07, 6.45) is 9.84. The first kappa shape index (κ1) is 14.2. The highest BCUT2D eigenvalue weighted by Crippen LogP contribution is 2.10. The molecule has 15 heavy (non-hydrogen) atoms. The van der Waals surface area contributed by atoms with E-state index in [1.54, 1.807) is 0 Å². The van der Waals surface area contributed by atoms with Gasteiger partial charge in [-0.1, -0.05) is 30.2 Å². The average molecular weight is 208 g/mol. The van der Waals surface area contributed by atoms with Gasteiger partial charge in [0.2, 0.25) is 0 Å². The van der Waals surface area contributed by atoms with Crippen LogP contribution in [0.25, 0.3) is 0 Å². The molecule has 1 nitrogen and oxygen atoms in total. The molecular weight excluding hydrogens is 184 g/mol. The molecule has 0 spiro atoms. The summed E-state index contributed by atoms with van der Waals surface area (Å²) in [5, 5.41) is 0. The molecular formula is C14H24O. The zero-order valence-corrected chi connectivity index (χ0v) is 10.5. The predicted octanol–water partition coefficient (Wildman–Crippen LogP) is 4.29. The molecule has 1 heteroatoms. The van der Waals surface area contributed by atoms with Crippen LogP contribution in [0.2, 0.25) is 0 Å². The molecule has 0 rings (SSSR count). The van der Waals surface area contributed by atoms with E-state index in [0.29, 0.717) is 0 Å². The average Bonchev–Trinajstić information content (AvgIpc) is 2.17. The summed E-state index contributed by atoms with van der Waals surface area (Å²) in [6.45, 7) is 8.40. The predicted molar refractivity (Wildman–Crippen MR) is 66.9 cm³/mol. The highest BCUT2D eigenvalue weighted by atomic mass is 16.1. The van der Waals surface area contributed by atoms with Crippen LogP contribution >= 0.6 is 0 Å². The van der Waals surface area contributed by atoms with Crippen LogP contribution in [-0.4, -0.2) is 6.29 Å². The second-order valence-corrected chi connectivity index (χ2v) is 4.56. The molecule has 0 aromatic rings. The van der Waals surface area contributed by atoms with Crippen molar-refractivity contribution in [2.45, 2.75) is 53.4 Å². The van der Waals surface area contributed by atoms with E-state index in [4.69, 9.17) is 0 Å². The fourth-order valence-electron chi connectivity index (χ4n) is 1.35. The van der Waals surface area contributed by atoms with Gasteiger partial charge in [0.25, 0.3) is 0 Å². The molecule has 0 saturated heterocycles. The molecule has 1 unspecified atom stereocenters. The van der Waals surface area contributed by atoms with Crippen molar-refractivity contribution >= 4 is 6.29 Å². The maximum absolute atomic E-state index is 10.4. The third-order valence-corrected chi connectivity index (χ3v) is 2.44. The summed E-state index contributed by atoms with van der Waals surface area (Å²) in [4.78, 5) is 10.4. The summed E-state index contributed by atoms with van der Waals surface area (Å²) >= 11 is 0. The van der Waals surface area contributed by atoms with Crippen LogP contribution in [0.1, 0.15) is 53.4 Å². The second-order valence-electron chi connectivity index (χ2n) is 4.56. The number of carbonyl (C=O) groups is 1. The van der Waals surface area contributed by atoms with Crippen LogP contribution in [-0.2, 0) is 4.79 Å². The Kier molecular flexibility index (Phi) is 7.98. The van der Waals surface area contributed by atoms with Crippen LogP contribution in [0.5, 0.6) is 0 Å². The summed E-state index contributed by atoms with van der Waals surface area (Å²) < 4.78 is 0. The normalized spacial score (nSPS) is 13.5. The minimum atomic E-state index is 0.201. The first-order valence-corrected chi connectivity index (χ1v) is 5.80. The first-order valence-electron chi connectivity index (χ1n) is 5.80. The van der Waals surface area contributed by atoms with Crippen LogP contribution in [0.15, 0.2) is 23.3 Å². The standard InChI is InChI=1S/C14H24O/c1-12(2)7-5-8-13(3)9-6-10-14(4)11-15/h7,9,11,14H,5-6,8,10H2,1-4H3. The maximum atomic E-state index is 10.4. The quantitative estimate of drug-likeness (QED) is 0.450. The smallest absolute Gasteiger partial charge is 0.122 e. The Balaban J connectivity index is 3.70. The van der Waals surface area contributed by atoms with E-state index in [1.165, 1.54) is 11.1 Å². The van der Waals surface area contributed by atoms with Crippen molar-refractivity contribution in [3.63, 3.8) is 0 Å². The third kappa shape index (κ3) is 9.45. The highest BCUT2D eigenvalue weighted by molar-refractivity contribution is 5.52. The van der Waals surface area contributed by atoms with Gasteiger partial charge in [-0.2, -0.15) is 0 Å². The van der Waals surface area contributed by atoms with E-state index in [2.05, 4.69) is 32.9 Å². The van der Waals surface area contributed by atoms with Gasteiger partial charge in [0.1, 0.15) is 6.29 Å². The molecule has 0 aliphatic rings. The summed E-state index contributed by atoms with van der Waals surface area (Å²) in [5.41, 5.74) is 2.82. The Morgan fingerprint density at radius 2 is 1.80 bits per heavy atom. The van der Waals surface area contributed by atoms with Gasteiger partial charge in [0.05, 0.1) is 0 Å².